The van der Waals surface area contributed by atoms with E-state index in [0.29, 0.717) is 5.02 Å². The molecule has 0 spiro atoms. The zero-order valence-corrected chi connectivity index (χ0v) is 8.91. The summed E-state index contributed by atoms with van der Waals surface area (Å²) in [5.74, 6) is 0. The van der Waals surface area contributed by atoms with Crippen molar-refractivity contribution in [1.82, 2.24) is 0 Å². The van der Waals surface area contributed by atoms with E-state index in [0.717, 1.165) is 5.56 Å². The number of hydrogen-bond acceptors (Lipinski definition) is 0. The van der Waals surface area contributed by atoms with Gasteiger partial charge in [0.05, 0.1) is 0 Å². The highest BCUT2D eigenvalue weighted by Crippen LogP contribution is 2.12. The molecule has 0 aliphatic rings. The van der Waals surface area contributed by atoms with Gasteiger partial charge in [-0.3, -0.25) is 0 Å². The third-order valence-corrected chi connectivity index (χ3v) is 2.28. The molecular formula is C14H10Cl. The minimum Gasteiger partial charge on any atom is -0.0836 e. The smallest absolute Gasteiger partial charge is 0.0490 e. The molecule has 1 heteroatoms. The second-order valence-electron chi connectivity index (χ2n) is 3.21. The van der Waals surface area contributed by atoms with Gasteiger partial charge in [-0.2, -0.15) is 0 Å². The largest absolute Gasteiger partial charge is 0.0836 e. The molecule has 1 radical (unpaired) electrons. The Labute approximate surface area is 94.8 Å². The van der Waals surface area contributed by atoms with Crippen molar-refractivity contribution in [2.24, 2.45) is 0 Å². The summed E-state index contributed by atoms with van der Waals surface area (Å²) in [4.78, 5) is 0. The Hall–Kier alpha value is -1.53. The first-order chi connectivity index (χ1) is 7.34. The summed E-state index contributed by atoms with van der Waals surface area (Å²) >= 11 is 5.84. The third-order valence-electron chi connectivity index (χ3n) is 2.06. The van der Waals surface area contributed by atoms with E-state index in [9.17, 15) is 0 Å². The molecule has 2 rings (SSSR count). The van der Waals surface area contributed by atoms with Crippen molar-refractivity contribution in [2.75, 3.05) is 0 Å². The Bertz CT molecular complexity index is 458. The van der Waals surface area contributed by atoms with Crippen molar-refractivity contribution in [3.05, 3.63) is 70.7 Å². The maximum atomic E-state index is 5.84. The van der Waals surface area contributed by atoms with Crippen LogP contribution < -0.4 is 0 Å². The van der Waals surface area contributed by atoms with E-state index in [1.54, 1.807) is 0 Å². The molecular weight excluding hydrogens is 204 g/mol. The normalized spacial score (nSPS) is 10.7. The van der Waals surface area contributed by atoms with Gasteiger partial charge in [-0.05, 0) is 17.2 Å². The highest BCUT2D eigenvalue weighted by molar-refractivity contribution is 6.30. The second-order valence-corrected chi connectivity index (χ2v) is 3.62. The van der Waals surface area contributed by atoms with Crippen molar-refractivity contribution in [3.8, 4) is 0 Å². The summed E-state index contributed by atoms with van der Waals surface area (Å²) in [6, 6.07) is 18.8. The fraction of sp³-hybridized carbons (Fsp3) is 0. The lowest BCUT2D eigenvalue weighted by atomic mass is 10.1. The van der Waals surface area contributed by atoms with Crippen LogP contribution in [0.4, 0.5) is 0 Å². The fourth-order valence-electron chi connectivity index (χ4n) is 1.31. The van der Waals surface area contributed by atoms with Crippen molar-refractivity contribution < 1.29 is 0 Å². The van der Waals surface area contributed by atoms with Gasteiger partial charge in [0.15, 0.2) is 0 Å². The van der Waals surface area contributed by atoms with E-state index >= 15 is 0 Å². The van der Waals surface area contributed by atoms with Gasteiger partial charge >= 0.3 is 0 Å². The van der Waals surface area contributed by atoms with Crippen molar-refractivity contribution in [3.63, 3.8) is 0 Å². The van der Waals surface area contributed by atoms with Gasteiger partial charge in [0, 0.05) is 11.1 Å². The quantitative estimate of drug-likeness (QED) is 0.652. The zero-order chi connectivity index (χ0) is 10.5. The molecule has 0 atom stereocenters. The SMILES string of the molecule is Clc1[c]ccc(C=Cc2ccccc2)c1. The first-order valence-corrected chi connectivity index (χ1v) is 5.13. The summed E-state index contributed by atoms with van der Waals surface area (Å²) in [5, 5.41) is 0.644. The highest BCUT2D eigenvalue weighted by Gasteiger charge is 1.89. The molecule has 0 unspecified atom stereocenters. The topological polar surface area (TPSA) is 0 Å². The van der Waals surface area contributed by atoms with Gasteiger partial charge in [0.1, 0.15) is 0 Å². The maximum Gasteiger partial charge on any atom is 0.0490 e. The molecule has 0 aliphatic carbocycles. The fourth-order valence-corrected chi connectivity index (χ4v) is 1.50. The van der Waals surface area contributed by atoms with Crippen molar-refractivity contribution in [1.29, 1.82) is 0 Å². The Morgan fingerprint density at radius 3 is 2.40 bits per heavy atom. The van der Waals surface area contributed by atoms with Gasteiger partial charge < -0.3 is 0 Å². The molecule has 0 nitrogen and oxygen atoms in total. The molecule has 0 aliphatic heterocycles. The summed E-state index contributed by atoms with van der Waals surface area (Å²) in [5.41, 5.74) is 2.27. The first kappa shape index (κ1) is 10.0. The average molecular weight is 214 g/mol. The molecule has 0 bridgehead atoms. The van der Waals surface area contributed by atoms with E-state index in [-0.39, 0.29) is 0 Å². The zero-order valence-electron chi connectivity index (χ0n) is 8.15. The van der Waals surface area contributed by atoms with E-state index in [2.05, 4.69) is 24.3 Å². The van der Waals surface area contributed by atoms with E-state index in [1.165, 1.54) is 5.56 Å². The molecule has 0 saturated carbocycles. The van der Waals surface area contributed by atoms with Crippen LogP contribution in [0.5, 0.6) is 0 Å². The number of hydrogen-bond donors (Lipinski definition) is 0. The maximum absolute atomic E-state index is 5.84. The van der Waals surface area contributed by atoms with Crippen LogP contribution in [0.2, 0.25) is 5.02 Å². The number of halogens is 1. The van der Waals surface area contributed by atoms with Crippen molar-refractivity contribution in [2.45, 2.75) is 0 Å². The predicted molar refractivity (Wildman–Crippen MR) is 65.7 cm³/mol. The molecule has 0 N–H and O–H groups in total. The molecule has 0 amide bonds. The Balaban J connectivity index is 2.19. The van der Waals surface area contributed by atoms with Gasteiger partial charge in [0.25, 0.3) is 0 Å². The predicted octanol–water partition coefficient (Wildman–Crippen LogP) is 4.31. The standard InChI is InChI=1S/C14H10Cl/c15-14-8-4-7-13(11-14)10-9-12-5-2-1-3-6-12/h1-7,9-11H. The Morgan fingerprint density at radius 2 is 1.67 bits per heavy atom. The van der Waals surface area contributed by atoms with Gasteiger partial charge in [0.2, 0.25) is 0 Å². The lowest BCUT2D eigenvalue weighted by Gasteiger charge is -1.94. The summed E-state index contributed by atoms with van der Waals surface area (Å²) in [7, 11) is 0. The molecule has 0 aromatic heterocycles. The molecule has 2 aromatic rings. The third kappa shape index (κ3) is 2.97. The number of benzene rings is 2. The monoisotopic (exact) mass is 213 g/mol. The lowest BCUT2D eigenvalue weighted by Crippen LogP contribution is -1.72. The van der Waals surface area contributed by atoms with E-state index in [1.807, 2.05) is 42.5 Å². The Kier molecular flexibility index (Phi) is 3.21. The van der Waals surface area contributed by atoms with Crippen LogP contribution in [0.25, 0.3) is 12.2 Å². The highest BCUT2D eigenvalue weighted by atomic mass is 35.5. The molecule has 0 fully saturated rings. The molecule has 0 heterocycles. The summed E-state index contributed by atoms with van der Waals surface area (Å²) in [6.45, 7) is 0. The van der Waals surface area contributed by atoms with Crippen LogP contribution in [0.15, 0.2) is 48.5 Å². The molecule has 15 heavy (non-hydrogen) atoms. The summed E-state index contributed by atoms with van der Waals surface area (Å²) in [6.07, 6.45) is 4.10. The second kappa shape index (κ2) is 4.81. The van der Waals surface area contributed by atoms with Crippen LogP contribution in [0.3, 0.4) is 0 Å². The van der Waals surface area contributed by atoms with Crippen LogP contribution in [-0.2, 0) is 0 Å². The van der Waals surface area contributed by atoms with Crippen LogP contribution >= 0.6 is 11.6 Å². The molecule has 2 aromatic carbocycles. The molecule has 73 valence electrons. The summed E-state index contributed by atoms with van der Waals surface area (Å²) < 4.78 is 0. The van der Waals surface area contributed by atoms with Crippen LogP contribution in [0, 0.1) is 6.07 Å². The van der Waals surface area contributed by atoms with Crippen LogP contribution in [-0.4, -0.2) is 0 Å². The lowest BCUT2D eigenvalue weighted by molar-refractivity contribution is 1.63. The minimum absolute atomic E-state index is 0.644. The van der Waals surface area contributed by atoms with Gasteiger partial charge in [-0.25, -0.2) is 0 Å². The minimum atomic E-state index is 0.644. The first-order valence-electron chi connectivity index (χ1n) is 4.75. The van der Waals surface area contributed by atoms with Crippen molar-refractivity contribution >= 4 is 23.8 Å². The Morgan fingerprint density at radius 1 is 0.933 bits per heavy atom. The average Bonchev–Trinajstić information content (AvgIpc) is 2.28. The molecule has 0 saturated heterocycles. The van der Waals surface area contributed by atoms with Crippen LogP contribution in [0.1, 0.15) is 11.1 Å². The number of rotatable bonds is 2. The van der Waals surface area contributed by atoms with E-state index in [4.69, 9.17) is 11.6 Å². The van der Waals surface area contributed by atoms with E-state index < -0.39 is 0 Å². The van der Waals surface area contributed by atoms with Gasteiger partial charge in [-0.15, -0.1) is 0 Å². The van der Waals surface area contributed by atoms with Gasteiger partial charge in [-0.1, -0.05) is 66.2 Å².